The van der Waals surface area contributed by atoms with E-state index in [2.05, 4.69) is 61.3 Å². The van der Waals surface area contributed by atoms with E-state index in [4.69, 9.17) is 17.0 Å². The highest BCUT2D eigenvalue weighted by Gasteiger charge is 2.48. The van der Waals surface area contributed by atoms with E-state index in [1.165, 1.54) is 16.7 Å². The summed E-state index contributed by atoms with van der Waals surface area (Å²) in [7, 11) is 0. The van der Waals surface area contributed by atoms with Crippen LogP contribution in [0.2, 0.25) is 0 Å². The average molecular weight is 324 g/mol. The monoisotopic (exact) mass is 324 g/mol. The number of nitrogens with zero attached hydrogens (tertiary/aromatic N) is 1. The number of anilines is 1. The number of aryl methyl sites for hydroxylation is 2. The number of ether oxygens (including phenoxy) is 1. The third-order valence-corrected chi connectivity index (χ3v) is 5.08. The highest BCUT2D eigenvalue weighted by Crippen LogP contribution is 2.46. The Labute approximate surface area is 142 Å². The van der Waals surface area contributed by atoms with Crippen molar-refractivity contribution in [2.24, 2.45) is 0 Å². The van der Waals surface area contributed by atoms with Gasteiger partial charge in [0.25, 0.3) is 0 Å². The van der Waals surface area contributed by atoms with Gasteiger partial charge < -0.3 is 10.1 Å². The topological polar surface area (TPSA) is 24.5 Å². The SMILES string of the molecule is Cc1ccc2c(c1)[C@H]1C[C@@](C)(O2)N(c2ccccc2C)C(=S)N1. The molecule has 1 saturated heterocycles. The molecular weight excluding hydrogens is 304 g/mol. The lowest BCUT2D eigenvalue weighted by molar-refractivity contribution is 0.0496. The molecular formula is C19H20N2OS. The number of thiocarbonyl (C=S) groups is 1. The predicted molar refractivity (Wildman–Crippen MR) is 97.0 cm³/mol. The van der Waals surface area contributed by atoms with Crippen LogP contribution < -0.4 is 15.0 Å². The number of para-hydroxylation sites is 1. The number of hydrogen-bond acceptors (Lipinski definition) is 2. The molecule has 0 unspecified atom stereocenters. The normalized spacial score (nSPS) is 25.4. The number of hydrogen-bond donors (Lipinski definition) is 1. The fraction of sp³-hybridized carbons (Fsp3) is 0.316. The Kier molecular flexibility index (Phi) is 3.13. The van der Waals surface area contributed by atoms with Crippen LogP contribution in [-0.2, 0) is 0 Å². The number of fused-ring (bicyclic) bond motifs is 4. The van der Waals surface area contributed by atoms with E-state index in [0.717, 1.165) is 23.0 Å². The molecule has 2 aromatic rings. The van der Waals surface area contributed by atoms with Gasteiger partial charge in [-0.3, -0.25) is 4.90 Å². The van der Waals surface area contributed by atoms with Gasteiger partial charge in [0.15, 0.2) is 10.8 Å². The summed E-state index contributed by atoms with van der Waals surface area (Å²) < 4.78 is 6.44. The van der Waals surface area contributed by atoms with Crippen molar-refractivity contribution in [1.29, 1.82) is 0 Å². The first-order chi connectivity index (χ1) is 11.0. The van der Waals surface area contributed by atoms with Gasteiger partial charge in [-0.05, 0) is 50.7 Å². The molecule has 0 spiro atoms. The molecule has 4 rings (SSSR count). The summed E-state index contributed by atoms with van der Waals surface area (Å²) in [4.78, 5) is 2.12. The molecule has 2 aromatic carbocycles. The van der Waals surface area contributed by atoms with Crippen molar-refractivity contribution in [1.82, 2.24) is 5.32 Å². The molecule has 0 saturated carbocycles. The molecule has 2 heterocycles. The smallest absolute Gasteiger partial charge is 0.188 e. The summed E-state index contributed by atoms with van der Waals surface area (Å²) in [6.45, 7) is 6.34. The fourth-order valence-electron chi connectivity index (χ4n) is 3.67. The van der Waals surface area contributed by atoms with Crippen molar-refractivity contribution in [3.63, 3.8) is 0 Å². The standard InChI is InChI=1S/C19H20N2OS/c1-12-8-9-17-14(10-12)15-11-19(3,22-17)21(18(23)20-15)16-7-5-4-6-13(16)2/h4-10,15H,11H2,1-3H3,(H,20,23)/t15-,19-/m1/s1. The number of nitrogens with one attached hydrogen (secondary N) is 1. The Morgan fingerprint density at radius 2 is 2.00 bits per heavy atom. The molecule has 2 bridgehead atoms. The first-order valence-electron chi connectivity index (χ1n) is 7.94. The van der Waals surface area contributed by atoms with E-state index in [1.54, 1.807) is 0 Å². The Bertz CT molecular complexity index is 804. The van der Waals surface area contributed by atoms with Crippen molar-refractivity contribution >= 4 is 23.0 Å². The van der Waals surface area contributed by atoms with Crippen LogP contribution in [0, 0.1) is 13.8 Å². The molecule has 0 amide bonds. The quantitative estimate of drug-likeness (QED) is 0.793. The summed E-state index contributed by atoms with van der Waals surface area (Å²) in [5.41, 5.74) is 4.26. The van der Waals surface area contributed by atoms with Crippen molar-refractivity contribution < 1.29 is 4.74 Å². The van der Waals surface area contributed by atoms with E-state index in [9.17, 15) is 0 Å². The minimum Gasteiger partial charge on any atom is -0.467 e. The lowest BCUT2D eigenvalue weighted by atomic mass is 9.89. The molecule has 1 fully saturated rings. The molecule has 23 heavy (non-hydrogen) atoms. The van der Waals surface area contributed by atoms with Crippen LogP contribution in [-0.4, -0.2) is 10.8 Å². The van der Waals surface area contributed by atoms with E-state index in [0.29, 0.717) is 0 Å². The van der Waals surface area contributed by atoms with E-state index >= 15 is 0 Å². The van der Waals surface area contributed by atoms with Crippen molar-refractivity contribution in [3.8, 4) is 5.75 Å². The number of benzene rings is 2. The summed E-state index contributed by atoms with van der Waals surface area (Å²) in [6.07, 6.45) is 0.859. The predicted octanol–water partition coefficient (Wildman–Crippen LogP) is 4.24. The molecule has 2 atom stereocenters. The maximum Gasteiger partial charge on any atom is 0.188 e. The zero-order chi connectivity index (χ0) is 16.2. The van der Waals surface area contributed by atoms with Crippen molar-refractivity contribution in [3.05, 3.63) is 59.2 Å². The van der Waals surface area contributed by atoms with Gasteiger partial charge in [0.2, 0.25) is 0 Å². The molecule has 1 N–H and O–H groups in total. The highest BCUT2D eigenvalue weighted by molar-refractivity contribution is 7.80. The third-order valence-electron chi connectivity index (χ3n) is 4.78. The minimum atomic E-state index is -0.471. The Morgan fingerprint density at radius 1 is 1.22 bits per heavy atom. The average Bonchev–Trinajstić information content (AvgIpc) is 2.49. The van der Waals surface area contributed by atoms with E-state index in [-0.39, 0.29) is 6.04 Å². The third kappa shape index (κ3) is 2.20. The van der Waals surface area contributed by atoms with Gasteiger partial charge in [-0.15, -0.1) is 0 Å². The number of rotatable bonds is 1. The molecule has 0 radical (unpaired) electrons. The van der Waals surface area contributed by atoms with Crippen molar-refractivity contribution in [2.45, 2.75) is 39.0 Å². The van der Waals surface area contributed by atoms with Crippen LogP contribution in [0.3, 0.4) is 0 Å². The van der Waals surface area contributed by atoms with Crippen LogP contribution in [0.5, 0.6) is 5.75 Å². The molecule has 0 aromatic heterocycles. The lowest BCUT2D eigenvalue weighted by Crippen LogP contribution is -2.65. The Morgan fingerprint density at radius 3 is 2.78 bits per heavy atom. The molecule has 0 aliphatic carbocycles. The zero-order valence-electron chi connectivity index (χ0n) is 13.6. The lowest BCUT2D eigenvalue weighted by Gasteiger charge is -2.52. The van der Waals surface area contributed by atoms with Gasteiger partial charge in [0, 0.05) is 17.7 Å². The van der Waals surface area contributed by atoms with Crippen LogP contribution in [0.4, 0.5) is 5.69 Å². The van der Waals surface area contributed by atoms with Crippen LogP contribution in [0.25, 0.3) is 0 Å². The second-order valence-electron chi connectivity index (χ2n) is 6.65. The van der Waals surface area contributed by atoms with Gasteiger partial charge in [-0.2, -0.15) is 0 Å². The summed E-state index contributed by atoms with van der Waals surface area (Å²) >= 11 is 5.69. The summed E-state index contributed by atoms with van der Waals surface area (Å²) in [5.74, 6) is 0.947. The second kappa shape index (κ2) is 4.96. The molecule has 118 valence electrons. The van der Waals surface area contributed by atoms with Gasteiger partial charge in [-0.1, -0.05) is 35.9 Å². The summed E-state index contributed by atoms with van der Waals surface area (Å²) in [5, 5.41) is 4.24. The minimum absolute atomic E-state index is 0.205. The second-order valence-corrected chi connectivity index (χ2v) is 7.03. The van der Waals surface area contributed by atoms with E-state index < -0.39 is 5.72 Å². The zero-order valence-corrected chi connectivity index (χ0v) is 14.4. The van der Waals surface area contributed by atoms with Gasteiger partial charge >= 0.3 is 0 Å². The first kappa shape index (κ1) is 14.5. The summed E-state index contributed by atoms with van der Waals surface area (Å²) in [6, 6.07) is 14.9. The molecule has 2 aliphatic heterocycles. The van der Waals surface area contributed by atoms with E-state index in [1.807, 2.05) is 12.1 Å². The Hall–Kier alpha value is -2.07. The molecule has 4 heteroatoms. The maximum atomic E-state index is 6.44. The Balaban J connectivity index is 1.83. The van der Waals surface area contributed by atoms with Gasteiger partial charge in [0.05, 0.1) is 6.04 Å². The van der Waals surface area contributed by atoms with Gasteiger partial charge in [-0.25, -0.2) is 0 Å². The maximum absolute atomic E-state index is 6.44. The van der Waals surface area contributed by atoms with Crippen molar-refractivity contribution in [2.75, 3.05) is 4.90 Å². The van der Waals surface area contributed by atoms with Crippen LogP contribution in [0.15, 0.2) is 42.5 Å². The van der Waals surface area contributed by atoms with Gasteiger partial charge in [0.1, 0.15) is 5.75 Å². The van der Waals surface area contributed by atoms with Crippen LogP contribution >= 0.6 is 12.2 Å². The highest BCUT2D eigenvalue weighted by atomic mass is 32.1. The fourth-order valence-corrected chi connectivity index (χ4v) is 4.11. The van der Waals surface area contributed by atoms with Crippen LogP contribution in [0.1, 0.15) is 36.1 Å². The largest absolute Gasteiger partial charge is 0.467 e. The molecule has 3 nitrogen and oxygen atoms in total. The first-order valence-corrected chi connectivity index (χ1v) is 8.35. The molecule has 2 aliphatic rings.